The van der Waals surface area contributed by atoms with Crippen molar-refractivity contribution in [1.29, 1.82) is 0 Å². The maximum Gasteiger partial charge on any atom is 0.239 e. The first kappa shape index (κ1) is 13.2. The standard InChI is InChI=1S/C12H22N2O2/c1-3-6-10(13)11(15)14(2)9-12(16)7-4-5-8-12/h3,10,16H,1,4-9,13H2,2H3. The van der Waals surface area contributed by atoms with Crippen LogP contribution >= 0.6 is 0 Å². The van der Waals surface area contributed by atoms with Gasteiger partial charge in [-0.15, -0.1) is 6.58 Å². The fourth-order valence-electron chi connectivity index (χ4n) is 2.27. The summed E-state index contributed by atoms with van der Waals surface area (Å²) in [4.78, 5) is 13.3. The van der Waals surface area contributed by atoms with Gasteiger partial charge in [-0.25, -0.2) is 0 Å². The van der Waals surface area contributed by atoms with Crippen LogP contribution < -0.4 is 5.73 Å². The molecule has 1 fully saturated rings. The van der Waals surface area contributed by atoms with Gasteiger partial charge in [0.05, 0.1) is 11.6 Å². The van der Waals surface area contributed by atoms with Crippen molar-refractivity contribution in [1.82, 2.24) is 4.90 Å². The summed E-state index contributed by atoms with van der Waals surface area (Å²) in [5.41, 5.74) is 5.01. The minimum atomic E-state index is -0.696. The number of hydrogen-bond donors (Lipinski definition) is 2. The van der Waals surface area contributed by atoms with E-state index in [1.807, 2.05) is 0 Å². The summed E-state index contributed by atoms with van der Waals surface area (Å²) in [6.07, 6.45) is 5.75. The molecule has 16 heavy (non-hydrogen) atoms. The molecule has 0 radical (unpaired) electrons. The summed E-state index contributed by atoms with van der Waals surface area (Å²) in [5.74, 6) is -0.125. The fraction of sp³-hybridized carbons (Fsp3) is 0.750. The molecule has 0 bridgehead atoms. The van der Waals surface area contributed by atoms with Gasteiger partial charge < -0.3 is 15.7 Å². The van der Waals surface area contributed by atoms with Crippen LogP contribution in [0.1, 0.15) is 32.1 Å². The quantitative estimate of drug-likeness (QED) is 0.677. The van der Waals surface area contributed by atoms with Crippen molar-refractivity contribution >= 4 is 5.91 Å². The van der Waals surface area contributed by atoms with E-state index < -0.39 is 11.6 Å². The van der Waals surface area contributed by atoms with E-state index in [-0.39, 0.29) is 5.91 Å². The number of likely N-dealkylation sites (N-methyl/N-ethyl adjacent to an activating group) is 1. The summed E-state index contributed by atoms with van der Waals surface area (Å²) in [6.45, 7) is 3.94. The van der Waals surface area contributed by atoms with E-state index in [0.717, 1.165) is 25.7 Å². The van der Waals surface area contributed by atoms with E-state index in [4.69, 9.17) is 5.73 Å². The first-order chi connectivity index (χ1) is 7.48. The number of amides is 1. The third kappa shape index (κ3) is 3.32. The van der Waals surface area contributed by atoms with Gasteiger partial charge in [0.2, 0.25) is 5.91 Å². The summed E-state index contributed by atoms with van der Waals surface area (Å²) in [6, 6.07) is -0.535. The zero-order valence-electron chi connectivity index (χ0n) is 9.98. The Kier molecular flexibility index (Phi) is 4.50. The lowest BCUT2D eigenvalue weighted by Crippen LogP contribution is -2.48. The van der Waals surface area contributed by atoms with Crippen molar-refractivity contribution in [3.8, 4) is 0 Å². The van der Waals surface area contributed by atoms with Gasteiger partial charge in [-0.05, 0) is 19.3 Å². The van der Waals surface area contributed by atoms with Crippen LogP contribution in [0.3, 0.4) is 0 Å². The molecule has 1 rings (SSSR count). The molecule has 1 aliphatic carbocycles. The van der Waals surface area contributed by atoms with Crippen LogP contribution in [-0.2, 0) is 4.79 Å². The Bertz CT molecular complexity index is 260. The Morgan fingerprint density at radius 3 is 2.69 bits per heavy atom. The van der Waals surface area contributed by atoms with Crippen LogP contribution in [0.15, 0.2) is 12.7 Å². The molecule has 0 aliphatic heterocycles. The molecule has 0 heterocycles. The largest absolute Gasteiger partial charge is 0.388 e. The molecule has 1 amide bonds. The number of hydrogen-bond acceptors (Lipinski definition) is 3. The van der Waals surface area contributed by atoms with Gasteiger partial charge >= 0.3 is 0 Å². The zero-order valence-corrected chi connectivity index (χ0v) is 9.98. The van der Waals surface area contributed by atoms with Crippen molar-refractivity contribution in [2.24, 2.45) is 5.73 Å². The Hall–Kier alpha value is -0.870. The fourth-order valence-corrected chi connectivity index (χ4v) is 2.27. The molecule has 92 valence electrons. The van der Waals surface area contributed by atoms with Crippen LogP contribution in [0.25, 0.3) is 0 Å². The van der Waals surface area contributed by atoms with Crippen molar-refractivity contribution in [3.05, 3.63) is 12.7 Å². The molecule has 1 saturated carbocycles. The van der Waals surface area contributed by atoms with Crippen molar-refractivity contribution in [2.45, 2.75) is 43.7 Å². The van der Waals surface area contributed by atoms with Gasteiger partial charge in [0.1, 0.15) is 0 Å². The third-order valence-electron chi connectivity index (χ3n) is 3.18. The first-order valence-electron chi connectivity index (χ1n) is 5.82. The lowest BCUT2D eigenvalue weighted by molar-refractivity contribution is -0.134. The van der Waals surface area contributed by atoms with Crippen molar-refractivity contribution < 1.29 is 9.90 Å². The number of nitrogens with two attached hydrogens (primary N) is 1. The molecule has 0 aromatic carbocycles. The predicted molar refractivity (Wildman–Crippen MR) is 63.8 cm³/mol. The topological polar surface area (TPSA) is 66.6 Å². The number of aliphatic hydroxyl groups is 1. The average molecular weight is 226 g/mol. The van der Waals surface area contributed by atoms with E-state index in [9.17, 15) is 9.90 Å². The summed E-state index contributed by atoms with van der Waals surface area (Å²) in [7, 11) is 1.70. The molecule has 3 N–H and O–H groups in total. The summed E-state index contributed by atoms with van der Waals surface area (Å²) >= 11 is 0. The maximum absolute atomic E-state index is 11.8. The zero-order chi connectivity index (χ0) is 12.2. The van der Waals surface area contributed by atoms with Gasteiger partial charge in [0.15, 0.2) is 0 Å². The highest BCUT2D eigenvalue weighted by Crippen LogP contribution is 2.29. The second-order valence-corrected chi connectivity index (χ2v) is 4.76. The van der Waals surface area contributed by atoms with Crippen LogP contribution in [0.5, 0.6) is 0 Å². The first-order valence-corrected chi connectivity index (χ1v) is 5.82. The number of nitrogens with zero attached hydrogens (tertiary/aromatic N) is 1. The van der Waals surface area contributed by atoms with Gasteiger partial charge in [-0.1, -0.05) is 18.9 Å². The maximum atomic E-state index is 11.8. The highest BCUT2D eigenvalue weighted by Gasteiger charge is 2.34. The number of carbonyl (C=O) groups is 1. The molecule has 0 aromatic heterocycles. The van der Waals surface area contributed by atoms with E-state index in [2.05, 4.69) is 6.58 Å². The van der Waals surface area contributed by atoms with E-state index in [1.165, 1.54) is 0 Å². The second-order valence-electron chi connectivity index (χ2n) is 4.76. The molecule has 4 heteroatoms. The Balaban J connectivity index is 2.47. The van der Waals surface area contributed by atoms with Crippen LogP contribution in [0.2, 0.25) is 0 Å². The summed E-state index contributed by atoms with van der Waals surface area (Å²) < 4.78 is 0. The SMILES string of the molecule is C=CCC(N)C(=O)N(C)CC1(O)CCCC1. The highest BCUT2D eigenvalue weighted by molar-refractivity contribution is 5.81. The Morgan fingerprint density at radius 2 is 2.19 bits per heavy atom. The van der Waals surface area contributed by atoms with E-state index in [0.29, 0.717) is 13.0 Å². The lowest BCUT2D eigenvalue weighted by atomic mass is 10.0. The number of rotatable bonds is 5. The molecule has 1 aliphatic rings. The Labute approximate surface area is 97.1 Å². The molecule has 1 unspecified atom stereocenters. The van der Waals surface area contributed by atoms with Crippen LogP contribution in [-0.4, -0.2) is 41.1 Å². The second kappa shape index (κ2) is 5.46. The number of carbonyl (C=O) groups excluding carboxylic acids is 1. The molecular weight excluding hydrogens is 204 g/mol. The van der Waals surface area contributed by atoms with Gasteiger partial charge in [0, 0.05) is 13.6 Å². The highest BCUT2D eigenvalue weighted by atomic mass is 16.3. The van der Waals surface area contributed by atoms with Crippen molar-refractivity contribution in [3.63, 3.8) is 0 Å². The monoisotopic (exact) mass is 226 g/mol. The lowest BCUT2D eigenvalue weighted by Gasteiger charge is -2.30. The average Bonchev–Trinajstić information content (AvgIpc) is 2.64. The van der Waals surface area contributed by atoms with Crippen molar-refractivity contribution in [2.75, 3.05) is 13.6 Å². The minimum absolute atomic E-state index is 0.125. The van der Waals surface area contributed by atoms with Crippen LogP contribution in [0, 0.1) is 0 Å². The Morgan fingerprint density at radius 1 is 1.62 bits per heavy atom. The minimum Gasteiger partial charge on any atom is -0.388 e. The van der Waals surface area contributed by atoms with E-state index in [1.54, 1.807) is 18.0 Å². The van der Waals surface area contributed by atoms with Gasteiger partial charge in [-0.3, -0.25) is 4.79 Å². The van der Waals surface area contributed by atoms with Crippen LogP contribution in [0.4, 0.5) is 0 Å². The smallest absolute Gasteiger partial charge is 0.239 e. The molecule has 0 spiro atoms. The van der Waals surface area contributed by atoms with Gasteiger partial charge in [-0.2, -0.15) is 0 Å². The molecule has 0 aromatic rings. The molecule has 4 nitrogen and oxygen atoms in total. The molecular formula is C12H22N2O2. The summed E-state index contributed by atoms with van der Waals surface area (Å²) in [5, 5.41) is 10.2. The van der Waals surface area contributed by atoms with Gasteiger partial charge in [0.25, 0.3) is 0 Å². The predicted octanol–water partition coefficient (Wildman–Crippen LogP) is 0.653. The van der Waals surface area contributed by atoms with E-state index >= 15 is 0 Å². The normalized spacial score (nSPS) is 20.4. The molecule has 1 atom stereocenters. The third-order valence-corrected chi connectivity index (χ3v) is 3.18. The molecule has 0 saturated heterocycles.